The third-order valence-electron chi connectivity index (χ3n) is 2.40. The van der Waals surface area contributed by atoms with Crippen LogP contribution in [0.2, 0.25) is 0 Å². The molecule has 0 aliphatic rings. The smallest absolute Gasteiger partial charge is 0.185 e. The first-order valence-corrected chi connectivity index (χ1v) is 7.59. The molecule has 0 unspecified atom stereocenters. The van der Waals surface area contributed by atoms with E-state index in [1.54, 1.807) is 36.1 Å². The van der Waals surface area contributed by atoms with E-state index in [2.05, 4.69) is 21.0 Å². The molecule has 1 aromatic heterocycles. The predicted molar refractivity (Wildman–Crippen MR) is 72.7 cm³/mol. The number of nitrogen functional groups attached to an aromatic ring is 1. The molecule has 7 heteroatoms. The van der Waals surface area contributed by atoms with E-state index in [1.807, 2.05) is 0 Å². The Morgan fingerprint density at radius 3 is 2.67 bits per heavy atom. The van der Waals surface area contributed by atoms with Crippen LogP contribution in [-0.4, -0.2) is 18.2 Å². The number of halogens is 1. The van der Waals surface area contributed by atoms with Gasteiger partial charge in [0.25, 0.3) is 0 Å². The summed E-state index contributed by atoms with van der Waals surface area (Å²) in [6.07, 6.45) is 1.71. The molecule has 5 nitrogen and oxygen atoms in total. The Bertz CT molecular complexity index is 679. The standard InChI is InChI=1S/C11H12BrN3O2S/c1-15-5-4-9(14-15)7-18(16,17)11-3-2-8(13)6-10(11)12/h2-6H,7,13H2,1H3. The van der Waals surface area contributed by atoms with E-state index < -0.39 is 9.84 Å². The minimum atomic E-state index is -3.43. The van der Waals surface area contributed by atoms with Gasteiger partial charge >= 0.3 is 0 Å². The van der Waals surface area contributed by atoms with Crippen molar-refractivity contribution in [2.45, 2.75) is 10.6 Å². The van der Waals surface area contributed by atoms with E-state index in [-0.39, 0.29) is 10.6 Å². The summed E-state index contributed by atoms with van der Waals surface area (Å²) >= 11 is 3.22. The lowest BCUT2D eigenvalue weighted by Crippen LogP contribution is -2.07. The molecular weight excluding hydrogens is 318 g/mol. The molecule has 0 saturated carbocycles. The molecule has 0 spiro atoms. The normalized spacial score (nSPS) is 11.7. The summed E-state index contributed by atoms with van der Waals surface area (Å²) in [5.41, 5.74) is 6.61. The van der Waals surface area contributed by atoms with Gasteiger partial charge < -0.3 is 5.73 Å². The van der Waals surface area contributed by atoms with Gasteiger partial charge in [-0.1, -0.05) is 0 Å². The molecular formula is C11H12BrN3O2S. The number of benzene rings is 1. The van der Waals surface area contributed by atoms with Crippen molar-refractivity contribution < 1.29 is 8.42 Å². The summed E-state index contributed by atoms with van der Waals surface area (Å²) in [7, 11) is -1.68. The molecule has 0 atom stereocenters. The van der Waals surface area contributed by atoms with Gasteiger partial charge in [-0.05, 0) is 40.2 Å². The van der Waals surface area contributed by atoms with E-state index >= 15 is 0 Å². The second-order valence-corrected chi connectivity index (χ2v) is 6.74. The first kappa shape index (κ1) is 13.1. The van der Waals surface area contributed by atoms with Gasteiger partial charge in [-0.2, -0.15) is 5.10 Å². The molecule has 0 radical (unpaired) electrons. The number of rotatable bonds is 3. The van der Waals surface area contributed by atoms with Crippen LogP contribution in [0.1, 0.15) is 5.69 Å². The molecule has 1 heterocycles. The lowest BCUT2D eigenvalue weighted by Gasteiger charge is -2.06. The Labute approximate surface area is 114 Å². The molecule has 0 aliphatic heterocycles. The summed E-state index contributed by atoms with van der Waals surface area (Å²) in [5.74, 6) is -0.129. The molecule has 1 aromatic carbocycles. The molecule has 96 valence electrons. The van der Waals surface area contributed by atoms with Crippen molar-refractivity contribution in [3.8, 4) is 0 Å². The number of sulfone groups is 1. The van der Waals surface area contributed by atoms with E-state index in [0.717, 1.165) is 0 Å². The molecule has 2 aromatic rings. The zero-order chi connectivity index (χ0) is 13.3. The Balaban J connectivity index is 2.36. The number of hydrogen-bond acceptors (Lipinski definition) is 4. The van der Waals surface area contributed by atoms with Crippen LogP contribution < -0.4 is 5.73 Å². The highest BCUT2D eigenvalue weighted by atomic mass is 79.9. The third kappa shape index (κ3) is 2.73. The monoisotopic (exact) mass is 329 g/mol. The van der Waals surface area contributed by atoms with E-state index in [9.17, 15) is 8.42 Å². The minimum Gasteiger partial charge on any atom is -0.399 e. The quantitative estimate of drug-likeness (QED) is 0.870. The Morgan fingerprint density at radius 2 is 2.11 bits per heavy atom. The van der Waals surface area contributed by atoms with Crippen molar-refractivity contribution in [1.82, 2.24) is 9.78 Å². The molecule has 0 amide bonds. The van der Waals surface area contributed by atoms with Crippen LogP contribution in [0.5, 0.6) is 0 Å². The van der Waals surface area contributed by atoms with Gasteiger partial charge in [-0.3, -0.25) is 4.68 Å². The van der Waals surface area contributed by atoms with E-state index in [1.165, 1.54) is 6.07 Å². The highest BCUT2D eigenvalue weighted by Crippen LogP contribution is 2.26. The van der Waals surface area contributed by atoms with Crippen molar-refractivity contribution in [2.75, 3.05) is 5.73 Å². The fourth-order valence-electron chi connectivity index (χ4n) is 1.58. The molecule has 18 heavy (non-hydrogen) atoms. The molecule has 0 saturated heterocycles. The Morgan fingerprint density at radius 1 is 1.39 bits per heavy atom. The highest BCUT2D eigenvalue weighted by Gasteiger charge is 2.19. The van der Waals surface area contributed by atoms with Gasteiger partial charge in [-0.25, -0.2) is 8.42 Å². The van der Waals surface area contributed by atoms with Crippen LogP contribution in [0.3, 0.4) is 0 Å². The zero-order valence-corrected chi connectivity index (χ0v) is 12.1. The van der Waals surface area contributed by atoms with Gasteiger partial charge in [0.05, 0.1) is 16.3 Å². The van der Waals surface area contributed by atoms with Gasteiger partial charge in [0.2, 0.25) is 0 Å². The van der Waals surface area contributed by atoms with Gasteiger partial charge in [0.15, 0.2) is 9.84 Å². The maximum atomic E-state index is 12.2. The SMILES string of the molecule is Cn1ccc(CS(=O)(=O)c2ccc(N)cc2Br)n1. The molecule has 0 aliphatic carbocycles. The van der Waals surface area contributed by atoms with Gasteiger partial charge in [0, 0.05) is 23.4 Å². The summed E-state index contributed by atoms with van der Waals surface area (Å²) < 4.78 is 26.5. The number of nitrogens with zero attached hydrogens (tertiary/aromatic N) is 2. The van der Waals surface area contributed by atoms with Crippen molar-refractivity contribution in [1.29, 1.82) is 0 Å². The molecule has 0 bridgehead atoms. The first-order valence-electron chi connectivity index (χ1n) is 5.15. The third-order valence-corrected chi connectivity index (χ3v) is 5.02. The fourth-order valence-corrected chi connectivity index (χ4v) is 4.05. The number of nitrogens with two attached hydrogens (primary N) is 1. The van der Waals surface area contributed by atoms with Crippen molar-refractivity contribution in [3.05, 3.63) is 40.6 Å². The average molecular weight is 330 g/mol. The largest absolute Gasteiger partial charge is 0.399 e. The summed E-state index contributed by atoms with van der Waals surface area (Å²) in [5, 5.41) is 4.07. The van der Waals surface area contributed by atoms with Gasteiger partial charge in [-0.15, -0.1) is 0 Å². The lowest BCUT2D eigenvalue weighted by molar-refractivity contribution is 0.593. The number of aromatic nitrogens is 2. The van der Waals surface area contributed by atoms with Crippen LogP contribution in [-0.2, 0) is 22.6 Å². The van der Waals surface area contributed by atoms with Gasteiger partial charge in [0.1, 0.15) is 0 Å². The van der Waals surface area contributed by atoms with Crippen LogP contribution in [0.4, 0.5) is 5.69 Å². The summed E-state index contributed by atoms with van der Waals surface area (Å²) in [6.45, 7) is 0. The van der Waals surface area contributed by atoms with Crippen molar-refractivity contribution >= 4 is 31.5 Å². The van der Waals surface area contributed by atoms with E-state index in [0.29, 0.717) is 15.9 Å². The van der Waals surface area contributed by atoms with Crippen molar-refractivity contribution in [3.63, 3.8) is 0 Å². The Hall–Kier alpha value is -1.34. The second-order valence-electron chi connectivity index (χ2n) is 3.93. The predicted octanol–water partition coefficient (Wildman–Crippen LogP) is 1.74. The lowest BCUT2D eigenvalue weighted by atomic mass is 10.3. The maximum absolute atomic E-state index is 12.2. The van der Waals surface area contributed by atoms with E-state index in [4.69, 9.17) is 5.73 Å². The van der Waals surface area contributed by atoms with Crippen LogP contribution >= 0.6 is 15.9 Å². The Kier molecular flexibility index (Phi) is 3.45. The summed E-state index contributed by atoms with van der Waals surface area (Å²) in [4.78, 5) is 0.224. The first-order chi connectivity index (χ1) is 8.38. The van der Waals surface area contributed by atoms with Crippen LogP contribution in [0, 0.1) is 0 Å². The highest BCUT2D eigenvalue weighted by molar-refractivity contribution is 9.10. The van der Waals surface area contributed by atoms with Crippen molar-refractivity contribution in [2.24, 2.45) is 7.05 Å². The number of hydrogen-bond donors (Lipinski definition) is 1. The molecule has 2 N–H and O–H groups in total. The zero-order valence-electron chi connectivity index (χ0n) is 9.67. The fraction of sp³-hybridized carbons (Fsp3) is 0.182. The molecule has 2 rings (SSSR count). The number of aryl methyl sites for hydroxylation is 1. The minimum absolute atomic E-state index is 0.129. The second kappa shape index (κ2) is 4.74. The average Bonchev–Trinajstić information content (AvgIpc) is 2.62. The number of anilines is 1. The topological polar surface area (TPSA) is 78.0 Å². The maximum Gasteiger partial charge on any atom is 0.185 e. The molecule has 0 fully saturated rings. The summed E-state index contributed by atoms with van der Waals surface area (Å²) in [6, 6.07) is 6.32. The van der Waals surface area contributed by atoms with Crippen LogP contribution in [0.25, 0.3) is 0 Å². The van der Waals surface area contributed by atoms with Crippen LogP contribution in [0.15, 0.2) is 39.8 Å².